The highest BCUT2D eigenvalue weighted by Crippen LogP contribution is 2.33. The van der Waals surface area contributed by atoms with Crippen LogP contribution in [-0.4, -0.2) is 49.3 Å². The monoisotopic (exact) mass is 471 g/mol. The first kappa shape index (κ1) is 22.6. The molecule has 2 heterocycles. The molecule has 8 heteroatoms. The van der Waals surface area contributed by atoms with Crippen LogP contribution in [0.1, 0.15) is 19.8 Å². The highest BCUT2D eigenvalue weighted by Gasteiger charge is 2.26. The van der Waals surface area contributed by atoms with Crippen LogP contribution >= 0.6 is 12.4 Å². The summed E-state index contributed by atoms with van der Waals surface area (Å²) in [6, 6.07) is 18.3. The largest absolute Gasteiger partial charge is 0.490 e. The van der Waals surface area contributed by atoms with Gasteiger partial charge in [0.05, 0.1) is 10.4 Å². The van der Waals surface area contributed by atoms with Crippen molar-refractivity contribution in [3.05, 3.63) is 60.7 Å². The van der Waals surface area contributed by atoms with Crippen LogP contribution in [0.4, 0.5) is 0 Å². The van der Waals surface area contributed by atoms with Gasteiger partial charge in [0.15, 0.2) is 5.03 Å². The van der Waals surface area contributed by atoms with Gasteiger partial charge in [-0.15, -0.1) is 12.4 Å². The summed E-state index contributed by atoms with van der Waals surface area (Å²) in [5, 5.41) is 9.23. The predicted molar refractivity (Wildman–Crippen MR) is 129 cm³/mol. The lowest BCUT2D eigenvalue weighted by Gasteiger charge is -2.31. The average Bonchev–Trinajstić information content (AvgIpc) is 3.23. The van der Waals surface area contributed by atoms with Gasteiger partial charge in [-0.25, -0.2) is 8.42 Å². The normalized spacial score (nSPS) is 15.7. The predicted octanol–water partition coefficient (Wildman–Crippen LogP) is 4.83. The van der Waals surface area contributed by atoms with E-state index in [0.717, 1.165) is 37.9 Å². The van der Waals surface area contributed by atoms with Crippen LogP contribution in [0.25, 0.3) is 21.7 Å². The van der Waals surface area contributed by atoms with E-state index < -0.39 is 9.84 Å². The zero-order chi connectivity index (χ0) is 21.4. The van der Waals surface area contributed by atoms with Crippen LogP contribution < -0.4 is 4.74 Å². The maximum atomic E-state index is 13.6. The Bertz CT molecular complexity index is 1340. The Hall–Kier alpha value is -2.61. The number of nitrogens with one attached hydrogen (secondary N) is 1. The molecule has 32 heavy (non-hydrogen) atoms. The van der Waals surface area contributed by atoms with Crippen LogP contribution in [0.3, 0.4) is 0 Å². The molecule has 0 amide bonds. The first-order valence-electron chi connectivity index (χ1n) is 10.7. The summed E-state index contributed by atoms with van der Waals surface area (Å²) < 4.78 is 33.4. The minimum absolute atomic E-state index is 0. The van der Waals surface area contributed by atoms with Gasteiger partial charge in [-0.3, -0.25) is 5.10 Å². The summed E-state index contributed by atoms with van der Waals surface area (Å²) in [4.78, 5) is 2.68. The summed E-state index contributed by atoms with van der Waals surface area (Å²) in [6.07, 6.45) is 2.09. The van der Waals surface area contributed by atoms with E-state index in [1.165, 1.54) is 0 Å². The SMILES string of the molecule is CCN1CCC(Oc2ccc3n[nH]c(S(=O)(=O)c4cccc5ccccc45)c3c2)CC1.Cl. The fraction of sp³-hybridized carbons (Fsp3) is 0.292. The van der Waals surface area contributed by atoms with Crippen molar-refractivity contribution in [1.29, 1.82) is 0 Å². The number of halogens is 1. The van der Waals surface area contributed by atoms with E-state index in [0.29, 0.717) is 22.0 Å². The Morgan fingerprint density at radius 1 is 1.03 bits per heavy atom. The summed E-state index contributed by atoms with van der Waals surface area (Å²) >= 11 is 0. The van der Waals surface area contributed by atoms with Gasteiger partial charge in [-0.1, -0.05) is 43.3 Å². The summed E-state index contributed by atoms with van der Waals surface area (Å²) in [6.45, 7) is 5.28. The molecule has 0 atom stereocenters. The van der Waals surface area contributed by atoms with Crippen LogP contribution in [0.5, 0.6) is 5.75 Å². The van der Waals surface area contributed by atoms with Crippen molar-refractivity contribution >= 4 is 43.9 Å². The van der Waals surface area contributed by atoms with Crippen LogP contribution in [-0.2, 0) is 9.84 Å². The highest BCUT2D eigenvalue weighted by atomic mass is 35.5. The van der Waals surface area contributed by atoms with Gasteiger partial charge in [0.25, 0.3) is 0 Å². The van der Waals surface area contributed by atoms with Crippen LogP contribution in [0.15, 0.2) is 70.6 Å². The number of aromatic nitrogens is 2. The molecule has 6 nitrogen and oxygen atoms in total. The third-order valence-corrected chi connectivity index (χ3v) is 7.87. The molecular formula is C24H26ClN3O3S. The van der Waals surface area contributed by atoms with Crippen molar-refractivity contribution in [2.75, 3.05) is 19.6 Å². The van der Waals surface area contributed by atoms with Crippen molar-refractivity contribution in [1.82, 2.24) is 15.1 Å². The Morgan fingerprint density at radius 2 is 1.78 bits per heavy atom. The molecule has 0 spiro atoms. The van der Waals surface area contributed by atoms with E-state index in [9.17, 15) is 8.42 Å². The molecule has 1 aliphatic rings. The van der Waals surface area contributed by atoms with Crippen molar-refractivity contribution < 1.29 is 13.2 Å². The van der Waals surface area contributed by atoms with Crippen molar-refractivity contribution in [3.8, 4) is 5.75 Å². The minimum Gasteiger partial charge on any atom is -0.490 e. The molecule has 4 aromatic rings. The van der Waals surface area contributed by atoms with Crippen LogP contribution in [0, 0.1) is 0 Å². The molecule has 0 unspecified atom stereocenters. The molecule has 5 rings (SSSR count). The molecule has 1 aromatic heterocycles. The molecule has 3 aromatic carbocycles. The van der Waals surface area contributed by atoms with Gasteiger partial charge in [0.1, 0.15) is 11.9 Å². The number of rotatable bonds is 5. The standard InChI is InChI=1S/C24H25N3O3S.ClH/c1-2-27-14-12-18(13-15-27)30-19-10-11-22-21(16-19)24(26-25-22)31(28,29)23-9-5-7-17-6-3-4-8-20(17)23;/h3-11,16,18H,2,12-15H2,1H3,(H,25,26);1H. The Morgan fingerprint density at radius 3 is 2.56 bits per heavy atom. The van der Waals surface area contributed by atoms with E-state index in [1.807, 2.05) is 42.5 Å². The van der Waals surface area contributed by atoms with Gasteiger partial charge >= 0.3 is 0 Å². The highest BCUT2D eigenvalue weighted by molar-refractivity contribution is 7.91. The first-order valence-corrected chi connectivity index (χ1v) is 12.1. The zero-order valence-corrected chi connectivity index (χ0v) is 19.5. The number of aromatic amines is 1. The second-order valence-corrected chi connectivity index (χ2v) is 9.82. The Balaban J connectivity index is 0.00000245. The molecular weight excluding hydrogens is 446 g/mol. The molecule has 0 aliphatic carbocycles. The second kappa shape index (κ2) is 9.10. The third-order valence-electron chi connectivity index (χ3n) is 6.08. The van der Waals surface area contributed by atoms with Gasteiger partial charge in [-0.2, -0.15) is 5.10 Å². The van der Waals surface area contributed by atoms with Gasteiger partial charge in [0.2, 0.25) is 9.84 Å². The number of likely N-dealkylation sites (tertiary alicyclic amines) is 1. The number of nitrogens with zero attached hydrogens (tertiary/aromatic N) is 2. The second-order valence-electron chi connectivity index (χ2n) is 7.96. The van der Waals surface area contributed by atoms with Crippen molar-refractivity contribution in [3.63, 3.8) is 0 Å². The molecule has 0 bridgehead atoms. The Labute approximate surface area is 193 Å². The zero-order valence-electron chi connectivity index (χ0n) is 17.8. The van der Waals surface area contributed by atoms with Gasteiger partial charge in [-0.05, 0) is 49.0 Å². The average molecular weight is 472 g/mol. The molecule has 1 fully saturated rings. The molecule has 1 saturated heterocycles. The summed E-state index contributed by atoms with van der Waals surface area (Å²) in [5.41, 5.74) is 0.604. The van der Waals surface area contributed by atoms with E-state index in [2.05, 4.69) is 22.0 Å². The lowest BCUT2D eigenvalue weighted by molar-refractivity contribution is 0.104. The number of piperidine rings is 1. The quantitative estimate of drug-likeness (QED) is 0.451. The van der Waals surface area contributed by atoms with E-state index >= 15 is 0 Å². The maximum absolute atomic E-state index is 13.6. The minimum atomic E-state index is -3.79. The number of benzene rings is 3. The fourth-order valence-corrected chi connectivity index (χ4v) is 5.89. The lowest BCUT2D eigenvalue weighted by Crippen LogP contribution is -2.37. The fourth-order valence-electron chi connectivity index (χ4n) is 4.32. The molecule has 1 aliphatic heterocycles. The maximum Gasteiger partial charge on any atom is 0.224 e. The lowest BCUT2D eigenvalue weighted by atomic mass is 10.1. The summed E-state index contributed by atoms with van der Waals surface area (Å²) in [5.74, 6) is 0.679. The number of hydrogen-bond donors (Lipinski definition) is 1. The molecule has 1 N–H and O–H groups in total. The number of H-pyrrole nitrogens is 1. The topological polar surface area (TPSA) is 75.3 Å². The third kappa shape index (κ3) is 4.08. The number of fused-ring (bicyclic) bond motifs is 2. The van der Waals surface area contributed by atoms with E-state index in [1.54, 1.807) is 18.2 Å². The van der Waals surface area contributed by atoms with Crippen LogP contribution in [0.2, 0.25) is 0 Å². The number of hydrogen-bond acceptors (Lipinski definition) is 5. The molecule has 0 saturated carbocycles. The van der Waals surface area contributed by atoms with Gasteiger partial charge in [0, 0.05) is 23.9 Å². The number of sulfone groups is 1. The molecule has 0 radical (unpaired) electrons. The Kier molecular flexibility index (Phi) is 6.42. The van der Waals surface area contributed by atoms with Gasteiger partial charge < -0.3 is 9.64 Å². The smallest absolute Gasteiger partial charge is 0.224 e. The van der Waals surface area contributed by atoms with Crippen molar-refractivity contribution in [2.24, 2.45) is 0 Å². The first-order chi connectivity index (χ1) is 15.1. The molecule has 168 valence electrons. The van der Waals surface area contributed by atoms with E-state index in [4.69, 9.17) is 4.74 Å². The summed E-state index contributed by atoms with van der Waals surface area (Å²) in [7, 11) is -3.79. The number of ether oxygens (including phenoxy) is 1. The van der Waals surface area contributed by atoms with Crippen molar-refractivity contribution in [2.45, 2.75) is 35.8 Å². The van der Waals surface area contributed by atoms with E-state index in [-0.39, 0.29) is 28.4 Å².